The van der Waals surface area contributed by atoms with Crippen molar-refractivity contribution in [3.8, 4) is 5.75 Å². The summed E-state index contributed by atoms with van der Waals surface area (Å²) >= 11 is 0. The molecule has 3 nitrogen and oxygen atoms in total. The molecule has 1 rings (SSSR count). The molecule has 0 heterocycles. The Balaban J connectivity index is 2.72. The maximum atomic E-state index is 12.1. The van der Waals surface area contributed by atoms with Crippen molar-refractivity contribution in [2.75, 3.05) is 20.3 Å². The lowest BCUT2D eigenvalue weighted by molar-refractivity contribution is -0.274. The molecule has 6 heteroatoms. The Morgan fingerprint density at radius 1 is 1.32 bits per heavy atom. The molecule has 1 atom stereocenters. The van der Waals surface area contributed by atoms with Gasteiger partial charge in [0.2, 0.25) is 0 Å². The first-order valence-electron chi connectivity index (χ1n) is 6.07. The highest BCUT2D eigenvalue weighted by Gasteiger charge is 2.31. The van der Waals surface area contributed by atoms with Gasteiger partial charge in [0.25, 0.3) is 0 Å². The van der Waals surface area contributed by atoms with E-state index in [1.165, 1.54) is 12.1 Å². The lowest BCUT2D eigenvalue weighted by Gasteiger charge is -2.18. The number of nitrogens with one attached hydrogen (secondary N) is 1. The molecule has 1 unspecified atom stereocenters. The molecule has 0 aliphatic rings. The Labute approximate surface area is 110 Å². The zero-order chi connectivity index (χ0) is 14.3. The van der Waals surface area contributed by atoms with Crippen LogP contribution in [-0.4, -0.2) is 26.6 Å². The molecule has 0 fully saturated rings. The third kappa shape index (κ3) is 5.94. The van der Waals surface area contributed by atoms with Gasteiger partial charge in [-0.25, -0.2) is 0 Å². The van der Waals surface area contributed by atoms with Gasteiger partial charge in [0, 0.05) is 19.3 Å². The Hall–Kier alpha value is -1.27. The molecule has 0 saturated carbocycles. The summed E-state index contributed by atoms with van der Waals surface area (Å²) in [7, 11) is 1.76. The molecule has 0 aromatic heterocycles. The number of benzene rings is 1. The first-order chi connectivity index (χ1) is 8.96. The predicted octanol–water partition coefficient (Wildman–Crippen LogP) is 3.27. The van der Waals surface area contributed by atoms with Crippen molar-refractivity contribution < 1.29 is 22.6 Å². The molecular weight excluding hydrogens is 259 g/mol. The van der Waals surface area contributed by atoms with E-state index in [-0.39, 0.29) is 11.8 Å². The largest absolute Gasteiger partial charge is 0.573 e. The van der Waals surface area contributed by atoms with Crippen LogP contribution in [0.25, 0.3) is 0 Å². The number of hydrogen-bond acceptors (Lipinski definition) is 3. The molecule has 0 amide bonds. The SMILES string of the molecule is CCOCCC(NC)c1cccc(OC(F)(F)F)c1. The van der Waals surface area contributed by atoms with Gasteiger partial charge in [-0.05, 0) is 38.1 Å². The third-order valence-corrected chi connectivity index (χ3v) is 2.60. The van der Waals surface area contributed by atoms with Crippen LogP contribution in [0.2, 0.25) is 0 Å². The van der Waals surface area contributed by atoms with Crippen LogP contribution in [0.1, 0.15) is 24.9 Å². The Bertz CT molecular complexity index is 382. The van der Waals surface area contributed by atoms with Crippen molar-refractivity contribution in [3.63, 3.8) is 0 Å². The highest BCUT2D eigenvalue weighted by Crippen LogP contribution is 2.26. The quantitative estimate of drug-likeness (QED) is 0.776. The lowest BCUT2D eigenvalue weighted by atomic mass is 10.0. The zero-order valence-electron chi connectivity index (χ0n) is 11.0. The van der Waals surface area contributed by atoms with E-state index in [4.69, 9.17) is 4.74 Å². The van der Waals surface area contributed by atoms with Crippen molar-refractivity contribution in [2.24, 2.45) is 0 Å². The first-order valence-corrected chi connectivity index (χ1v) is 6.07. The van der Waals surface area contributed by atoms with Crippen LogP contribution < -0.4 is 10.1 Å². The highest BCUT2D eigenvalue weighted by atomic mass is 19.4. The molecule has 0 aliphatic carbocycles. The molecule has 1 aromatic rings. The van der Waals surface area contributed by atoms with E-state index < -0.39 is 6.36 Å². The molecule has 108 valence electrons. The fourth-order valence-electron chi connectivity index (χ4n) is 1.75. The molecule has 0 radical (unpaired) electrons. The summed E-state index contributed by atoms with van der Waals surface area (Å²) in [6.45, 7) is 3.06. The molecule has 19 heavy (non-hydrogen) atoms. The maximum Gasteiger partial charge on any atom is 0.573 e. The minimum absolute atomic E-state index is 0.0664. The topological polar surface area (TPSA) is 30.5 Å². The Morgan fingerprint density at radius 2 is 2.05 bits per heavy atom. The van der Waals surface area contributed by atoms with Crippen molar-refractivity contribution in [1.29, 1.82) is 0 Å². The average molecular weight is 277 g/mol. The molecule has 1 aromatic carbocycles. The molecule has 0 saturated heterocycles. The summed E-state index contributed by atoms with van der Waals surface area (Å²) in [6, 6.07) is 5.91. The van der Waals surface area contributed by atoms with Crippen LogP contribution in [0, 0.1) is 0 Å². The van der Waals surface area contributed by atoms with Crippen LogP contribution in [0.3, 0.4) is 0 Å². The van der Waals surface area contributed by atoms with E-state index in [9.17, 15) is 13.2 Å². The van der Waals surface area contributed by atoms with Gasteiger partial charge in [-0.1, -0.05) is 12.1 Å². The molecule has 0 aliphatic heterocycles. The average Bonchev–Trinajstić information content (AvgIpc) is 2.33. The van der Waals surface area contributed by atoms with Gasteiger partial charge in [-0.15, -0.1) is 13.2 Å². The van der Waals surface area contributed by atoms with Crippen molar-refractivity contribution >= 4 is 0 Å². The number of ether oxygens (including phenoxy) is 2. The van der Waals surface area contributed by atoms with Gasteiger partial charge in [-0.2, -0.15) is 0 Å². The van der Waals surface area contributed by atoms with Gasteiger partial charge < -0.3 is 14.8 Å². The number of halogens is 3. The number of rotatable bonds is 7. The molecule has 0 spiro atoms. The van der Waals surface area contributed by atoms with E-state index in [2.05, 4.69) is 10.1 Å². The summed E-state index contributed by atoms with van der Waals surface area (Å²) < 4.78 is 45.6. The fraction of sp³-hybridized carbons (Fsp3) is 0.538. The van der Waals surface area contributed by atoms with Crippen LogP contribution >= 0.6 is 0 Å². The normalized spacial score (nSPS) is 13.3. The highest BCUT2D eigenvalue weighted by molar-refractivity contribution is 5.30. The van der Waals surface area contributed by atoms with Gasteiger partial charge in [0.05, 0.1) is 0 Å². The summed E-state index contributed by atoms with van der Waals surface area (Å²) in [5, 5.41) is 3.05. The second kappa shape index (κ2) is 7.35. The first kappa shape index (κ1) is 15.8. The Morgan fingerprint density at radius 3 is 2.63 bits per heavy atom. The van der Waals surface area contributed by atoms with Gasteiger partial charge >= 0.3 is 6.36 Å². The van der Waals surface area contributed by atoms with E-state index in [0.29, 0.717) is 19.6 Å². The fourth-order valence-corrected chi connectivity index (χ4v) is 1.75. The number of alkyl halides is 3. The van der Waals surface area contributed by atoms with Gasteiger partial charge in [0.15, 0.2) is 0 Å². The van der Waals surface area contributed by atoms with E-state index in [1.54, 1.807) is 19.2 Å². The zero-order valence-corrected chi connectivity index (χ0v) is 11.0. The van der Waals surface area contributed by atoms with Crippen LogP contribution in [0.4, 0.5) is 13.2 Å². The molecule has 1 N–H and O–H groups in total. The standard InChI is InChI=1S/C13H18F3NO2/c1-3-18-8-7-12(17-2)10-5-4-6-11(9-10)19-13(14,15)16/h4-6,9,12,17H,3,7-8H2,1-2H3. The summed E-state index contributed by atoms with van der Waals surface area (Å²) in [6.07, 6.45) is -3.99. The lowest BCUT2D eigenvalue weighted by Crippen LogP contribution is -2.20. The summed E-state index contributed by atoms with van der Waals surface area (Å²) in [4.78, 5) is 0. The van der Waals surface area contributed by atoms with Crippen molar-refractivity contribution in [3.05, 3.63) is 29.8 Å². The third-order valence-electron chi connectivity index (χ3n) is 2.60. The second-order valence-electron chi connectivity index (χ2n) is 3.95. The second-order valence-corrected chi connectivity index (χ2v) is 3.95. The van der Waals surface area contributed by atoms with Crippen molar-refractivity contribution in [1.82, 2.24) is 5.32 Å². The predicted molar refractivity (Wildman–Crippen MR) is 66.0 cm³/mol. The van der Waals surface area contributed by atoms with E-state index in [1.807, 2.05) is 6.92 Å². The summed E-state index contributed by atoms with van der Waals surface area (Å²) in [5.74, 6) is -0.207. The minimum atomic E-state index is -4.67. The van der Waals surface area contributed by atoms with Crippen molar-refractivity contribution in [2.45, 2.75) is 25.7 Å². The smallest absolute Gasteiger partial charge is 0.406 e. The Kier molecular flexibility index (Phi) is 6.11. The van der Waals surface area contributed by atoms with Gasteiger partial charge in [-0.3, -0.25) is 0 Å². The van der Waals surface area contributed by atoms with Gasteiger partial charge in [0.1, 0.15) is 5.75 Å². The summed E-state index contributed by atoms with van der Waals surface area (Å²) in [5.41, 5.74) is 0.740. The number of hydrogen-bond donors (Lipinski definition) is 1. The molecule has 0 bridgehead atoms. The van der Waals surface area contributed by atoms with Crippen LogP contribution in [-0.2, 0) is 4.74 Å². The molecular formula is C13H18F3NO2. The van der Waals surface area contributed by atoms with E-state index >= 15 is 0 Å². The van der Waals surface area contributed by atoms with E-state index in [0.717, 1.165) is 5.56 Å². The van der Waals surface area contributed by atoms with Crippen LogP contribution in [0.15, 0.2) is 24.3 Å². The minimum Gasteiger partial charge on any atom is -0.406 e. The van der Waals surface area contributed by atoms with Crippen LogP contribution in [0.5, 0.6) is 5.75 Å². The monoisotopic (exact) mass is 277 g/mol. The maximum absolute atomic E-state index is 12.1.